The predicted molar refractivity (Wildman–Crippen MR) is 94.1 cm³/mol. The Bertz CT molecular complexity index is 649. The van der Waals surface area contributed by atoms with Crippen molar-refractivity contribution in [3.05, 3.63) is 53.2 Å². The van der Waals surface area contributed by atoms with E-state index in [-0.39, 0.29) is 5.91 Å². The molecule has 1 amide bonds. The van der Waals surface area contributed by atoms with Gasteiger partial charge in [0.1, 0.15) is 5.82 Å². The molecule has 0 aliphatic carbocycles. The lowest BCUT2D eigenvalue weighted by Crippen LogP contribution is -2.29. The summed E-state index contributed by atoms with van der Waals surface area (Å²) < 4.78 is 0. The average molecular weight is 330 g/mol. The number of piperidine rings is 1. The van der Waals surface area contributed by atoms with Crippen molar-refractivity contribution >= 4 is 29.0 Å². The van der Waals surface area contributed by atoms with E-state index in [1.54, 1.807) is 12.1 Å². The topological polar surface area (TPSA) is 45.2 Å². The molecule has 1 aliphatic heterocycles. The van der Waals surface area contributed by atoms with E-state index < -0.39 is 0 Å². The Labute approximate surface area is 141 Å². The van der Waals surface area contributed by atoms with Crippen molar-refractivity contribution in [2.24, 2.45) is 0 Å². The second kappa shape index (κ2) is 7.47. The molecule has 1 saturated heterocycles. The van der Waals surface area contributed by atoms with Crippen molar-refractivity contribution in [3.8, 4) is 0 Å². The first-order valence-electron chi connectivity index (χ1n) is 7.96. The fourth-order valence-corrected chi connectivity index (χ4v) is 2.90. The normalized spacial score (nSPS) is 14.6. The van der Waals surface area contributed by atoms with Crippen LogP contribution in [0.4, 0.5) is 11.5 Å². The van der Waals surface area contributed by atoms with Crippen LogP contribution >= 0.6 is 11.6 Å². The van der Waals surface area contributed by atoms with Crippen LogP contribution in [0.3, 0.4) is 0 Å². The first-order chi connectivity index (χ1) is 11.2. The fourth-order valence-electron chi connectivity index (χ4n) is 2.77. The Balaban J connectivity index is 1.57. The summed E-state index contributed by atoms with van der Waals surface area (Å²) in [6.07, 6.45) is 5.93. The van der Waals surface area contributed by atoms with E-state index in [2.05, 4.69) is 15.2 Å². The molecule has 1 N–H and O–H groups in total. The molecular formula is C18H20ClN3O. The Morgan fingerprint density at radius 1 is 1.09 bits per heavy atom. The van der Waals surface area contributed by atoms with Crippen molar-refractivity contribution in [2.75, 3.05) is 23.3 Å². The summed E-state index contributed by atoms with van der Waals surface area (Å²) in [5.74, 6) is 0.510. The molecule has 1 aromatic carbocycles. The van der Waals surface area contributed by atoms with Gasteiger partial charge in [0.2, 0.25) is 5.91 Å². The second-order valence-electron chi connectivity index (χ2n) is 5.80. The molecule has 3 rings (SSSR count). The molecule has 0 saturated carbocycles. The maximum Gasteiger partial charge on any atom is 0.229 e. The number of nitrogens with one attached hydrogen (secondary N) is 1. The van der Waals surface area contributed by atoms with Crippen LogP contribution in [-0.4, -0.2) is 24.0 Å². The maximum atomic E-state index is 12.1. The van der Waals surface area contributed by atoms with E-state index in [4.69, 9.17) is 11.6 Å². The summed E-state index contributed by atoms with van der Waals surface area (Å²) in [5, 5.41) is 3.50. The largest absolute Gasteiger partial charge is 0.370 e. The molecule has 1 aromatic heterocycles. The average Bonchev–Trinajstić information content (AvgIpc) is 2.58. The van der Waals surface area contributed by atoms with E-state index in [0.717, 1.165) is 24.3 Å². The number of carbonyl (C=O) groups excluding carboxylic acids is 1. The van der Waals surface area contributed by atoms with Gasteiger partial charge in [-0.05, 0) is 49.1 Å². The molecular weight excluding hydrogens is 310 g/mol. The number of halogens is 1. The lowest BCUT2D eigenvalue weighted by molar-refractivity contribution is -0.115. The third-order valence-electron chi connectivity index (χ3n) is 4.01. The van der Waals surface area contributed by atoms with Gasteiger partial charge in [-0.3, -0.25) is 4.79 Å². The van der Waals surface area contributed by atoms with Crippen molar-refractivity contribution in [3.63, 3.8) is 0 Å². The number of carbonyl (C=O) groups is 1. The standard InChI is InChI=1S/C18H20ClN3O/c19-15-6-4-14(5-7-15)12-18(23)21-17-9-8-16(13-20-17)22-10-2-1-3-11-22/h4-9,13H,1-3,10-12H2,(H,20,21,23). The van der Waals surface area contributed by atoms with Crippen molar-refractivity contribution in [1.29, 1.82) is 0 Å². The molecule has 23 heavy (non-hydrogen) atoms. The van der Waals surface area contributed by atoms with Crippen LogP contribution in [0, 0.1) is 0 Å². The molecule has 5 heteroatoms. The molecule has 0 spiro atoms. The number of anilines is 2. The van der Waals surface area contributed by atoms with Gasteiger partial charge < -0.3 is 10.2 Å². The van der Waals surface area contributed by atoms with Crippen LogP contribution in [0.2, 0.25) is 5.02 Å². The monoisotopic (exact) mass is 329 g/mol. The van der Waals surface area contributed by atoms with Crippen LogP contribution in [0.15, 0.2) is 42.6 Å². The summed E-state index contributed by atoms with van der Waals surface area (Å²) in [6, 6.07) is 11.2. The highest BCUT2D eigenvalue weighted by atomic mass is 35.5. The summed E-state index contributed by atoms with van der Waals surface area (Å²) >= 11 is 5.84. The second-order valence-corrected chi connectivity index (χ2v) is 6.24. The molecule has 1 aliphatic rings. The van der Waals surface area contributed by atoms with Gasteiger partial charge in [0.15, 0.2) is 0 Å². The fraction of sp³-hybridized carbons (Fsp3) is 0.333. The van der Waals surface area contributed by atoms with Crippen molar-refractivity contribution in [1.82, 2.24) is 4.98 Å². The van der Waals surface area contributed by atoms with Gasteiger partial charge in [-0.2, -0.15) is 0 Å². The van der Waals surface area contributed by atoms with Gasteiger partial charge in [0, 0.05) is 18.1 Å². The Morgan fingerprint density at radius 2 is 1.83 bits per heavy atom. The first-order valence-corrected chi connectivity index (χ1v) is 8.34. The van der Waals surface area contributed by atoms with E-state index in [1.165, 1.54) is 19.3 Å². The SMILES string of the molecule is O=C(Cc1ccc(Cl)cc1)Nc1ccc(N2CCCCC2)cn1. The number of pyridine rings is 1. The molecule has 2 heterocycles. The first kappa shape index (κ1) is 15.8. The van der Waals surface area contributed by atoms with Crippen LogP contribution < -0.4 is 10.2 Å². The maximum absolute atomic E-state index is 12.1. The third kappa shape index (κ3) is 4.45. The number of nitrogens with zero attached hydrogens (tertiary/aromatic N) is 2. The molecule has 1 fully saturated rings. The zero-order valence-electron chi connectivity index (χ0n) is 13.0. The number of hydrogen-bond donors (Lipinski definition) is 1. The Kier molecular flexibility index (Phi) is 5.13. The van der Waals surface area contributed by atoms with Gasteiger partial charge in [0.05, 0.1) is 18.3 Å². The highest BCUT2D eigenvalue weighted by Crippen LogP contribution is 2.20. The summed E-state index contributed by atoms with van der Waals surface area (Å²) in [4.78, 5) is 18.8. The third-order valence-corrected chi connectivity index (χ3v) is 4.27. The van der Waals surface area contributed by atoms with Gasteiger partial charge >= 0.3 is 0 Å². The van der Waals surface area contributed by atoms with Crippen LogP contribution in [0.25, 0.3) is 0 Å². The number of benzene rings is 1. The van der Waals surface area contributed by atoms with Gasteiger partial charge in [0.25, 0.3) is 0 Å². The van der Waals surface area contributed by atoms with E-state index >= 15 is 0 Å². The minimum absolute atomic E-state index is 0.0782. The predicted octanol–water partition coefficient (Wildman–Crippen LogP) is 3.91. The smallest absolute Gasteiger partial charge is 0.229 e. The molecule has 0 bridgehead atoms. The Hall–Kier alpha value is -2.07. The summed E-state index contributed by atoms with van der Waals surface area (Å²) in [5.41, 5.74) is 2.05. The minimum atomic E-state index is -0.0782. The highest BCUT2D eigenvalue weighted by Gasteiger charge is 2.11. The van der Waals surface area contributed by atoms with Crippen LogP contribution in [0.5, 0.6) is 0 Å². The lowest BCUT2D eigenvalue weighted by atomic mass is 10.1. The lowest BCUT2D eigenvalue weighted by Gasteiger charge is -2.28. The molecule has 0 unspecified atom stereocenters. The summed E-state index contributed by atoms with van der Waals surface area (Å²) in [7, 11) is 0. The van der Waals surface area contributed by atoms with Crippen molar-refractivity contribution < 1.29 is 4.79 Å². The van der Waals surface area contributed by atoms with Gasteiger partial charge in [-0.25, -0.2) is 4.98 Å². The van der Waals surface area contributed by atoms with Crippen LogP contribution in [0.1, 0.15) is 24.8 Å². The number of aromatic nitrogens is 1. The number of hydrogen-bond acceptors (Lipinski definition) is 3. The van der Waals surface area contributed by atoms with E-state index in [0.29, 0.717) is 17.3 Å². The molecule has 0 atom stereocenters. The Morgan fingerprint density at radius 3 is 2.48 bits per heavy atom. The van der Waals surface area contributed by atoms with Crippen molar-refractivity contribution in [2.45, 2.75) is 25.7 Å². The molecule has 120 valence electrons. The zero-order valence-corrected chi connectivity index (χ0v) is 13.7. The molecule has 4 nitrogen and oxygen atoms in total. The minimum Gasteiger partial charge on any atom is -0.370 e. The van der Waals surface area contributed by atoms with Gasteiger partial charge in [-0.1, -0.05) is 23.7 Å². The van der Waals surface area contributed by atoms with E-state index in [9.17, 15) is 4.79 Å². The summed E-state index contributed by atoms with van der Waals surface area (Å²) in [6.45, 7) is 2.17. The van der Waals surface area contributed by atoms with E-state index in [1.807, 2.05) is 30.5 Å². The van der Waals surface area contributed by atoms with Gasteiger partial charge in [-0.15, -0.1) is 0 Å². The number of amides is 1. The molecule has 2 aromatic rings. The number of rotatable bonds is 4. The molecule has 0 radical (unpaired) electrons. The zero-order chi connectivity index (χ0) is 16.1. The quantitative estimate of drug-likeness (QED) is 0.925. The van der Waals surface area contributed by atoms with Crippen LogP contribution in [-0.2, 0) is 11.2 Å². The highest BCUT2D eigenvalue weighted by molar-refractivity contribution is 6.30.